The Morgan fingerprint density at radius 2 is 2.12 bits per heavy atom. The summed E-state index contributed by atoms with van der Waals surface area (Å²) in [7, 11) is 1.58. The highest BCUT2D eigenvalue weighted by molar-refractivity contribution is 5.48. The highest BCUT2D eigenvalue weighted by atomic mass is 16.5. The average molecular weight is 217 g/mol. The standard InChI is InChI=1S/C11H11N3O2/c1-16-10-5-3-2-4-9(10)14-6-8(12)11(15)13-7-14/h2-7H,12H2,1H3. The fourth-order valence-electron chi connectivity index (χ4n) is 1.40. The maximum absolute atomic E-state index is 11.1. The van der Waals surface area contributed by atoms with Gasteiger partial charge in [-0.25, -0.2) is 0 Å². The van der Waals surface area contributed by atoms with Crippen molar-refractivity contribution in [3.05, 3.63) is 47.1 Å². The topological polar surface area (TPSA) is 70.1 Å². The predicted octanol–water partition coefficient (Wildman–Crippen LogP) is 0.823. The summed E-state index contributed by atoms with van der Waals surface area (Å²) in [5.74, 6) is 0.687. The number of anilines is 1. The molecular weight excluding hydrogens is 206 g/mol. The molecule has 0 fully saturated rings. The Labute approximate surface area is 92.1 Å². The molecule has 0 amide bonds. The third-order valence-electron chi connectivity index (χ3n) is 2.19. The van der Waals surface area contributed by atoms with Crippen molar-refractivity contribution < 1.29 is 4.74 Å². The Kier molecular flexibility index (Phi) is 2.59. The van der Waals surface area contributed by atoms with Gasteiger partial charge in [-0.2, -0.15) is 4.98 Å². The zero-order valence-corrected chi connectivity index (χ0v) is 8.75. The molecule has 2 N–H and O–H groups in total. The molecule has 82 valence electrons. The summed E-state index contributed by atoms with van der Waals surface area (Å²) < 4.78 is 6.85. The van der Waals surface area contributed by atoms with E-state index in [1.165, 1.54) is 12.5 Å². The van der Waals surface area contributed by atoms with Crippen LogP contribution in [-0.2, 0) is 0 Å². The summed E-state index contributed by atoms with van der Waals surface area (Å²) in [4.78, 5) is 14.7. The number of para-hydroxylation sites is 2. The number of hydrogen-bond donors (Lipinski definition) is 1. The summed E-state index contributed by atoms with van der Waals surface area (Å²) in [6.07, 6.45) is 2.93. The minimum absolute atomic E-state index is 0.105. The van der Waals surface area contributed by atoms with Crippen molar-refractivity contribution in [3.8, 4) is 11.4 Å². The Morgan fingerprint density at radius 1 is 1.38 bits per heavy atom. The number of hydrogen-bond acceptors (Lipinski definition) is 4. The van der Waals surface area contributed by atoms with E-state index in [0.717, 1.165) is 5.69 Å². The van der Waals surface area contributed by atoms with E-state index in [1.807, 2.05) is 24.3 Å². The zero-order valence-electron chi connectivity index (χ0n) is 8.75. The van der Waals surface area contributed by atoms with Crippen molar-refractivity contribution in [2.75, 3.05) is 12.8 Å². The minimum Gasteiger partial charge on any atom is -0.495 e. The van der Waals surface area contributed by atoms with Gasteiger partial charge in [-0.1, -0.05) is 12.1 Å². The van der Waals surface area contributed by atoms with E-state index in [-0.39, 0.29) is 5.69 Å². The van der Waals surface area contributed by atoms with E-state index >= 15 is 0 Å². The van der Waals surface area contributed by atoms with Gasteiger partial charge in [0.25, 0.3) is 5.56 Å². The lowest BCUT2D eigenvalue weighted by Crippen LogP contribution is -2.14. The van der Waals surface area contributed by atoms with Crippen LogP contribution in [0.25, 0.3) is 5.69 Å². The number of nitrogen functional groups attached to an aromatic ring is 1. The SMILES string of the molecule is COc1ccccc1-n1cnc(=O)c(N)c1. The van der Waals surface area contributed by atoms with Gasteiger partial charge in [-0.15, -0.1) is 0 Å². The Bertz CT molecular complexity index is 563. The van der Waals surface area contributed by atoms with Gasteiger partial charge in [0.05, 0.1) is 12.8 Å². The zero-order chi connectivity index (χ0) is 11.5. The van der Waals surface area contributed by atoms with Gasteiger partial charge in [-0.3, -0.25) is 4.79 Å². The van der Waals surface area contributed by atoms with Gasteiger partial charge < -0.3 is 15.0 Å². The summed E-state index contributed by atoms with van der Waals surface area (Å²) in [6.45, 7) is 0. The van der Waals surface area contributed by atoms with Crippen LogP contribution < -0.4 is 16.0 Å². The van der Waals surface area contributed by atoms with Crippen molar-refractivity contribution in [2.45, 2.75) is 0 Å². The molecule has 1 aromatic carbocycles. The molecule has 0 bridgehead atoms. The monoisotopic (exact) mass is 217 g/mol. The van der Waals surface area contributed by atoms with E-state index < -0.39 is 5.56 Å². The van der Waals surface area contributed by atoms with Crippen molar-refractivity contribution in [1.82, 2.24) is 9.55 Å². The number of nitrogens with zero attached hydrogens (tertiary/aromatic N) is 2. The highest BCUT2D eigenvalue weighted by Gasteiger charge is 2.04. The average Bonchev–Trinajstić information content (AvgIpc) is 2.32. The molecule has 1 heterocycles. The van der Waals surface area contributed by atoms with E-state index in [2.05, 4.69) is 4.98 Å². The first-order valence-electron chi connectivity index (χ1n) is 4.69. The third kappa shape index (κ3) is 1.75. The molecule has 0 spiro atoms. The molecule has 2 aromatic rings. The molecule has 1 aromatic heterocycles. The second kappa shape index (κ2) is 4.06. The largest absolute Gasteiger partial charge is 0.495 e. The molecular formula is C11H11N3O2. The summed E-state index contributed by atoms with van der Waals surface area (Å²) in [6, 6.07) is 7.40. The van der Waals surface area contributed by atoms with Gasteiger partial charge in [0, 0.05) is 6.20 Å². The van der Waals surface area contributed by atoms with E-state index in [0.29, 0.717) is 5.75 Å². The van der Waals surface area contributed by atoms with Crippen molar-refractivity contribution in [1.29, 1.82) is 0 Å². The van der Waals surface area contributed by atoms with Gasteiger partial charge in [0.2, 0.25) is 0 Å². The van der Waals surface area contributed by atoms with Crippen molar-refractivity contribution >= 4 is 5.69 Å². The van der Waals surface area contributed by atoms with Crippen LogP contribution in [0.2, 0.25) is 0 Å². The lowest BCUT2D eigenvalue weighted by molar-refractivity contribution is 0.412. The smallest absolute Gasteiger partial charge is 0.295 e. The normalized spacial score (nSPS) is 10.1. The molecule has 0 aliphatic rings. The van der Waals surface area contributed by atoms with E-state index in [9.17, 15) is 4.79 Å². The molecule has 5 heteroatoms. The third-order valence-corrected chi connectivity index (χ3v) is 2.19. The molecule has 0 radical (unpaired) electrons. The van der Waals surface area contributed by atoms with Crippen LogP contribution in [0.4, 0.5) is 5.69 Å². The number of benzene rings is 1. The lowest BCUT2D eigenvalue weighted by atomic mass is 10.3. The molecule has 0 aliphatic heterocycles. The maximum Gasteiger partial charge on any atom is 0.295 e. The molecule has 0 atom stereocenters. The summed E-state index contributed by atoms with van der Waals surface area (Å²) in [5.41, 5.74) is 5.97. The Balaban J connectivity index is 2.58. The van der Waals surface area contributed by atoms with Gasteiger partial charge in [-0.05, 0) is 12.1 Å². The number of rotatable bonds is 2. The first-order chi connectivity index (χ1) is 7.72. The van der Waals surface area contributed by atoms with Gasteiger partial charge in [0.1, 0.15) is 17.8 Å². The van der Waals surface area contributed by atoms with Crippen LogP contribution >= 0.6 is 0 Å². The van der Waals surface area contributed by atoms with Crippen LogP contribution in [-0.4, -0.2) is 16.7 Å². The van der Waals surface area contributed by atoms with E-state index in [4.69, 9.17) is 10.5 Å². The molecule has 0 aliphatic carbocycles. The quantitative estimate of drug-likeness (QED) is 0.808. The number of methoxy groups -OCH3 is 1. The second-order valence-corrected chi connectivity index (χ2v) is 3.21. The maximum atomic E-state index is 11.1. The van der Waals surface area contributed by atoms with Crippen LogP contribution in [0.15, 0.2) is 41.6 Å². The minimum atomic E-state index is -0.425. The van der Waals surface area contributed by atoms with Crippen LogP contribution in [0.5, 0.6) is 5.75 Å². The van der Waals surface area contributed by atoms with Crippen molar-refractivity contribution in [3.63, 3.8) is 0 Å². The Morgan fingerprint density at radius 3 is 2.81 bits per heavy atom. The first kappa shape index (κ1) is 10.2. The summed E-state index contributed by atoms with van der Waals surface area (Å²) in [5, 5.41) is 0. The fraction of sp³-hybridized carbons (Fsp3) is 0.0909. The first-order valence-corrected chi connectivity index (χ1v) is 4.69. The number of aromatic nitrogens is 2. The molecule has 2 rings (SSSR count). The number of nitrogens with two attached hydrogens (primary N) is 1. The van der Waals surface area contributed by atoms with Crippen molar-refractivity contribution in [2.24, 2.45) is 0 Å². The van der Waals surface area contributed by atoms with Gasteiger partial charge >= 0.3 is 0 Å². The number of ether oxygens (including phenoxy) is 1. The summed E-state index contributed by atoms with van der Waals surface area (Å²) >= 11 is 0. The molecule has 0 saturated carbocycles. The predicted molar refractivity (Wildman–Crippen MR) is 60.8 cm³/mol. The molecule has 0 unspecified atom stereocenters. The highest BCUT2D eigenvalue weighted by Crippen LogP contribution is 2.21. The van der Waals surface area contributed by atoms with Crippen LogP contribution in [0, 0.1) is 0 Å². The van der Waals surface area contributed by atoms with Crippen LogP contribution in [0.1, 0.15) is 0 Å². The lowest BCUT2D eigenvalue weighted by Gasteiger charge is -2.10. The molecule has 0 saturated heterocycles. The van der Waals surface area contributed by atoms with Crippen LogP contribution in [0.3, 0.4) is 0 Å². The fourth-order valence-corrected chi connectivity index (χ4v) is 1.40. The van der Waals surface area contributed by atoms with Gasteiger partial charge in [0.15, 0.2) is 0 Å². The molecule has 5 nitrogen and oxygen atoms in total. The van der Waals surface area contributed by atoms with E-state index in [1.54, 1.807) is 11.7 Å². The molecule has 16 heavy (non-hydrogen) atoms. The Hall–Kier alpha value is -2.30. The second-order valence-electron chi connectivity index (χ2n) is 3.21.